The second-order valence-corrected chi connectivity index (χ2v) is 4.69. The lowest BCUT2D eigenvalue weighted by Gasteiger charge is -2.16. The third-order valence-corrected chi connectivity index (χ3v) is 3.08. The number of hydrogen-bond donors (Lipinski definition) is 1. The molecule has 0 amide bonds. The largest absolute Gasteiger partial charge is 0.396 e. The summed E-state index contributed by atoms with van der Waals surface area (Å²) in [5, 5.41) is 8.70. The van der Waals surface area contributed by atoms with Crippen molar-refractivity contribution in [2.24, 2.45) is 0 Å². The Morgan fingerprint density at radius 2 is 1.65 bits per heavy atom. The Hall–Kier alpha value is -0.860. The number of aliphatic hydroxyl groups excluding tert-OH is 1. The van der Waals surface area contributed by atoms with E-state index in [1.807, 2.05) is 0 Å². The van der Waals surface area contributed by atoms with E-state index < -0.39 is 0 Å². The van der Waals surface area contributed by atoms with Crippen LogP contribution in [0.3, 0.4) is 0 Å². The highest BCUT2D eigenvalue weighted by Crippen LogP contribution is 2.08. The molecular formula is C15H25NO. The number of aryl methyl sites for hydroxylation is 1. The van der Waals surface area contributed by atoms with Gasteiger partial charge in [-0.25, -0.2) is 0 Å². The minimum absolute atomic E-state index is 0.322. The molecule has 0 unspecified atom stereocenters. The molecule has 0 fully saturated rings. The Kier molecular flexibility index (Phi) is 6.90. The van der Waals surface area contributed by atoms with Crippen LogP contribution < -0.4 is 0 Å². The summed E-state index contributed by atoms with van der Waals surface area (Å²) in [5.74, 6) is 0. The standard InChI is InChI=1S/C15H25NO/c1-3-14-7-9-15(10-8-14)13-16(2)11-5-4-6-12-17/h7-10,17H,3-6,11-13H2,1-2H3. The first-order valence-corrected chi connectivity index (χ1v) is 6.63. The minimum Gasteiger partial charge on any atom is -0.396 e. The van der Waals surface area contributed by atoms with Gasteiger partial charge in [0.05, 0.1) is 0 Å². The summed E-state index contributed by atoms with van der Waals surface area (Å²) < 4.78 is 0. The summed E-state index contributed by atoms with van der Waals surface area (Å²) in [4.78, 5) is 2.35. The molecule has 1 rings (SSSR count). The molecule has 0 aromatic heterocycles. The fourth-order valence-electron chi connectivity index (χ4n) is 1.94. The maximum Gasteiger partial charge on any atom is 0.0431 e. The van der Waals surface area contributed by atoms with E-state index in [2.05, 4.69) is 43.1 Å². The van der Waals surface area contributed by atoms with Crippen molar-refractivity contribution in [3.63, 3.8) is 0 Å². The van der Waals surface area contributed by atoms with Crippen LogP contribution in [0.15, 0.2) is 24.3 Å². The molecule has 0 aliphatic rings. The zero-order valence-electron chi connectivity index (χ0n) is 11.2. The molecule has 0 aliphatic carbocycles. The summed E-state index contributed by atoms with van der Waals surface area (Å²) in [6.07, 6.45) is 4.33. The molecule has 2 nitrogen and oxygen atoms in total. The fourth-order valence-corrected chi connectivity index (χ4v) is 1.94. The van der Waals surface area contributed by atoms with Gasteiger partial charge in [-0.15, -0.1) is 0 Å². The molecule has 2 heteroatoms. The highest BCUT2D eigenvalue weighted by Gasteiger charge is 2.00. The Morgan fingerprint density at radius 1 is 1.00 bits per heavy atom. The molecule has 0 radical (unpaired) electrons. The van der Waals surface area contributed by atoms with Crippen LogP contribution in [0.4, 0.5) is 0 Å². The van der Waals surface area contributed by atoms with E-state index in [0.29, 0.717) is 6.61 Å². The fraction of sp³-hybridized carbons (Fsp3) is 0.600. The summed E-state index contributed by atoms with van der Waals surface area (Å²) >= 11 is 0. The highest BCUT2D eigenvalue weighted by atomic mass is 16.2. The SMILES string of the molecule is CCc1ccc(CN(C)CCCCCO)cc1. The van der Waals surface area contributed by atoms with Crippen LogP contribution in [0.2, 0.25) is 0 Å². The first kappa shape index (κ1) is 14.2. The average Bonchev–Trinajstić information content (AvgIpc) is 2.36. The summed E-state index contributed by atoms with van der Waals surface area (Å²) in [7, 11) is 2.16. The number of hydrogen-bond acceptors (Lipinski definition) is 2. The van der Waals surface area contributed by atoms with Gasteiger partial charge < -0.3 is 10.0 Å². The number of benzene rings is 1. The smallest absolute Gasteiger partial charge is 0.0431 e. The van der Waals surface area contributed by atoms with Crippen LogP contribution in [0, 0.1) is 0 Å². The summed E-state index contributed by atoms with van der Waals surface area (Å²) in [6, 6.07) is 8.88. The molecule has 0 aliphatic heterocycles. The Balaban J connectivity index is 2.26. The maximum absolute atomic E-state index is 8.70. The Labute approximate surface area is 105 Å². The second-order valence-electron chi connectivity index (χ2n) is 4.69. The van der Waals surface area contributed by atoms with E-state index >= 15 is 0 Å². The predicted octanol–water partition coefficient (Wildman–Crippen LogP) is 2.84. The summed E-state index contributed by atoms with van der Waals surface area (Å²) in [5.41, 5.74) is 2.78. The minimum atomic E-state index is 0.322. The van der Waals surface area contributed by atoms with E-state index in [0.717, 1.165) is 32.4 Å². The number of nitrogens with zero attached hydrogens (tertiary/aromatic N) is 1. The molecule has 17 heavy (non-hydrogen) atoms. The van der Waals surface area contributed by atoms with Crippen molar-refractivity contribution in [1.29, 1.82) is 0 Å². The van der Waals surface area contributed by atoms with Gasteiger partial charge in [-0.2, -0.15) is 0 Å². The second kappa shape index (κ2) is 8.26. The quantitative estimate of drug-likeness (QED) is 0.700. The molecule has 1 N–H and O–H groups in total. The lowest BCUT2D eigenvalue weighted by molar-refractivity contribution is 0.271. The van der Waals surface area contributed by atoms with Crippen LogP contribution in [-0.2, 0) is 13.0 Å². The first-order chi connectivity index (χ1) is 8.26. The van der Waals surface area contributed by atoms with Crippen molar-refractivity contribution in [3.8, 4) is 0 Å². The van der Waals surface area contributed by atoms with E-state index in [-0.39, 0.29) is 0 Å². The average molecular weight is 235 g/mol. The van der Waals surface area contributed by atoms with Crippen LogP contribution in [0.25, 0.3) is 0 Å². The van der Waals surface area contributed by atoms with Gasteiger partial charge in [-0.05, 0) is 50.4 Å². The highest BCUT2D eigenvalue weighted by molar-refractivity contribution is 5.22. The number of unbranched alkanes of at least 4 members (excludes halogenated alkanes) is 2. The lowest BCUT2D eigenvalue weighted by atomic mass is 10.1. The van der Waals surface area contributed by atoms with E-state index in [1.165, 1.54) is 17.5 Å². The molecule has 0 saturated carbocycles. The van der Waals surface area contributed by atoms with Gasteiger partial charge in [0.25, 0.3) is 0 Å². The van der Waals surface area contributed by atoms with Crippen molar-refractivity contribution in [2.45, 2.75) is 39.2 Å². The van der Waals surface area contributed by atoms with Crippen molar-refractivity contribution in [1.82, 2.24) is 4.90 Å². The zero-order valence-corrected chi connectivity index (χ0v) is 11.2. The molecule has 0 saturated heterocycles. The molecule has 0 heterocycles. The number of aliphatic hydroxyl groups is 1. The van der Waals surface area contributed by atoms with Crippen molar-refractivity contribution >= 4 is 0 Å². The first-order valence-electron chi connectivity index (χ1n) is 6.63. The topological polar surface area (TPSA) is 23.5 Å². The summed E-state index contributed by atoms with van der Waals surface area (Å²) in [6.45, 7) is 4.63. The third kappa shape index (κ3) is 5.85. The molecule has 1 aromatic rings. The van der Waals surface area contributed by atoms with E-state index in [1.54, 1.807) is 0 Å². The van der Waals surface area contributed by atoms with Gasteiger partial charge in [0, 0.05) is 13.2 Å². The predicted molar refractivity (Wildman–Crippen MR) is 73.1 cm³/mol. The van der Waals surface area contributed by atoms with Crippen LogP contribution in [-0.4, -0.2) is 30.2 Å². The number of rotatable bonds is 8. The van der Waals surface area contributed by atoms with Crippen LogP contribution in [0.5, 0.6) is 0 Å². The third-order valence-electron chi connectivity index (χ3n) is 3.08. The van der Waals surface area contributed by atoms with Crippen molar-refractivity contribution in [3.05, 3.63) is 35.4 Å². The maximum atomic E-state index is 8.70. The Morgan fingerprint density at radius 3 is 2.24 bits per heavy atom. The normalized spacial score (nSPS) is 11.1. The van der Waals surface area contributed by atoms with E-state index in [4.69, 9.17) is 5.11 Å². The molecule has 96 valence electrons. The van der Waals surface area contributed by atoms with Gasteiger partial charge >= 0.3 is 0 Å². The molecule has 0 bridgehead atoms. The van der Waals surface area contributed by atoms with Gasteiger partial charge in [0.2, 0.25) is 0 Å². The Bertz CT molecular complexity index is 294. The molecule has 0 atom stereocenters. The molecular weight excluding hydrogens is 210 g/mol. The van der Waals surface area contributed by atoms with Crippen LogP contribution in [0.1, 0.15) is 37.3 Å². The molecule has 0 spiro atoms. The van der Waals surface area contributed by atoms with Gasteiger partial charge in [-0.1, -0.05) is 31.2 Å². The monoisotopic (exact) mass is 235 g/mol. The van der Waals surface area contributed by atoms with E-state index in [9.17, 15) is 0 Å². The molecule has 1 aromatic carbocycles. The van der Waals surface area contributed by atoms with Crippen LogP contribution >= 0.6 is 0 Å². The zero-order chi connectivity index (χ0) is 12.5. The van der Waals surface area contributed by atoms with Gasteiger partial charge in [-0.3, -0.25) is 0 Å². The van der Waals surface area contributed by atoms with Gasteiger partial charge in [0.15, 0.2) is 0 Å². The van der Waals surface area contributed by atoms with Crippen molar-refractivity contribution < 1.29 is 5.11 Å². The lowest BCUT2D eigenvalue weighted by Crippen LogP contribution is -2.19. The van der Waals surface area contributed by atoms with Gasteiger partial charge in [0.1, 0.15) is 0 Å². The van der Waals surface area contributed by atoms with Crippen molar-refractivity contribution in [2.75, 3.05) is 20.2 Å².